The third-order valence-electron chi connectivity index (χ3n) is 2.70. The van der Waals surface area contributed by atoms with Crippen molar-refractivity contribution in [3.05, 3.63) is 58.2 Å². The molecule has 0 aliphatic rings. The maximum Gasteiger partial charge on any atom is 0.272 e. The molecule has 0 N–H and O–H groups in total. The lowest BCUT2D eigenvalue weighted by molar-refractivity contribution is -0.385. The van der Waals surface area contributed by atoms with Crippen LogP contribution in [0.25, 0.3) is 0 Å². The van der Waals surface area contributed by atoms with E-state index in [1.165, 1.54) is 24.4 Å². The highest BCUT2D eigenvalue weighted by Crippen LogP contribution is 2.27. The number of hydrogen-bond donors (Lipinski definition) is 0. The van der Waals surface area contributed by atoms with E-state index in [1.807, 2.05) is 0 Å². The number of benzene rings is 1. The van der Waals surface area contributed by atoms with Gasteiger partial charge in [-0.2, -0.15) is 0 Å². The largest absolute Gasteiger partial charge is 0.453 e. The molecule has 1 heterocycles. The fourth-order valence-corrected chi connectivity index (χ4v) is 1.60. The molecule has 6 nitrogen and oxygen atoms in total. The lowest BCUT2D eigenvalue weighted by Gasteiger charge is -2.06. The van der Waals surface area contributed by atoms with Gasteiger partial charge in [-0.3, -0.25) is 14.9 Å². The second kappa shape index (κ2) is 6.08. The number of nitro benzene ring substituents is 1. The Bertz CT molecular complexity index is 686. The molecule has 0 aliphatic heterocycles. The molecule has 0 saturated carbocycles. The number of non-ortho nitro benzene ring substituents is 1. The zero-order valence-electron chi connectivity index (χ0n) is 11.1. The normalized spacial score (nSPS) is 10.2. The Kier molecular flexibility index (Phi) is 4.22. The third kappa shape index (κ3) is 3.38. The molecule has 7 heteroatoms. The number of pyridine rings is 1. The van der Waals surface area contributed by atoms with E-state index < -0.39 is 10.7 Å². The molecule has 1 aromatic carbocycles. The fraction of sp³-hybridized carbons (Fsp3) is 0.143. The number of rotatable bonds is 5. The van der Waals surface area contributed by atoms with Crippen molar-refractivity contribution in [2.75, 3.05) is 0 Å². The number of ketones is 1. The van der Waals surface area contributed by atoms with Gasteiger partial charge >= 0.3 is 0 Å². The lowest BCUT2D eigenvalue weighted by atomic mass is 10.2. The standard InChI is InChI=1S/C14H11FN2O4/c1-2-13(18)12-5-4-10(8-16-12)21-14-6-3-9(17(19)20)7-11(14)15/h3-8H,2H2,1H3. The van der Waals surface area contributed by atoms with Crippen LogP contribution < -0.4 is 4.74 Å². The van der Waals surface area contributed by atoms with Gasteiger partial charge < -0.3 is 4.74 Å². The lowest BCUT2D eigenvalue weighted by Crippen LogP contribution is -2.00. The van der Waals surface area contributed by atoms with E-state index in [2.05, 4.69) is 4.98 Å². The SMILES string of the molecule is CCC(=O)c1ccc(Oc2ccc([N+](=O)[O-])cc2F)cn1. The van der Waals surface area contributed by atoms with Crippen molar-refractivity contribution >= 4 is 11.5 Å². The zero-order chi connectivity index (χ0) is 15.4. The minimum Gasteiger partial charge on any atom is -0.453 e. The summed E-state index contributed by atoms with van der Waals surface area (Å²) in [5.41, 5.74) is -0.0594. The number of carbonyl (C=O) groups excluding carboxylic acids is 1. The molecular weight excluding hydrogens is 279 g/mol. The Hall–Kier alpha value is -2.83. The molecule has 0 fully saturated rings. The molecule has 108 valence electrons. The number of aromatic nitrogens is 1. The summed E-state index contributed by atoms with van der Waals surface area (Å²) in [7, 11) is 0. The van der Waals surface area contributed by atoms with Gasteiger partial charge in [-0.1, -0.05) is 6.92 Å². The molecule has 0 saturated heterocycles. The van der Waals surface area contributed by atoms with Crippen molar-refractivity contribution in [2.45, 2.75) is 13.3 Å². The molecule has 0 radical (unpaired) electrons. The highest BCUT2D eigenvalue weighted by atomic mass is 19.1. The molecule has 1 aromatic heterocycles. The van der Waals surface area contributed by atoms with Gasteiger partial charge in [-0.25, -0.2) is 9.37 Å². The summed E-state index contributed by atoms with van der Waals surface area (Å²) in [4.78, 5) is 25.1. The molecule has 0 unspecified atom stereocenters. The van der Waals surface area contributed by atoms with Crippen LogP contribution in [0.2, 0.25) is 0 Å². The first-order valence-electron chi connectivity index (χ1n) is 6.12. The predicted molar refractivity (Wildman–Crippen MR) is 72.0 cm³/mol. The molecule has 0 atom stereocenters. The summed E-state index contributed by atoms with van der Waals surface area (Å²) < 4.78 is 18.9. The van der Waals surface area contributed by atoms with Crippen LogP contribution in [-0.2, 0) is 0 Å². The van der Waals surface area contributed by atoms with E-state index in [4.69, 9.17) is 4.74 Å². The van der Waals surface area contributed by atoms with Gasteiger partial charge in [0.1, 0.15) is 11.4 Å². The number of carbonyl (C=O) groups is 1. The number of nitrogens with zero attached hydrogens (tertiary/aromatic N) is 2. The maximum absolute atomic E-state index is 13.7. The zero-order valence-corrected chi connectivity index (χ0v) is 11.1. The van der Waals surface area contributed by atoms with Crippen LogP contribution in [0.15, 0.2) is 36.5 Å². The van der Waals surface area contributed by atoms with Crippen molar-refractivity contribution in [3.8, 4) is 11.5 Å². The van der Waals surface area contributed by atoms with E-state index in [9.17, 15) is 19.3 Å². The van der Waals surface area contributed by atoms with E-state index in [0.717, 1.165) is 12.1 Å². The van der Waals surface area contributed by atoms with Crippen LogP contribution in [0.1, 0.15) is 23.8 Å². The second-order valence-electron chi connectivity index (χ2n) is 4.13. The predicted octanol–water partition coefficient (Wildman–Crippen LogP) is 3.51. The molecule has 21 heavy (non-hydrogen) atoms. The van der Waals surface area contributed by atoms with Crippen molar-refractivity contribution in [2.24, 2.45) is 0 Å². The third-order valence-corrected chi connectivity index (χ3v) is 2.70. The average Bonchev–Trinajstić information content (AvgIpc) is 2.49. The Morgan fingerprint density at radius 2 is 2.14 bits per heavy atom. The maximum atomic E-state index is 13.7. The summed E-state index contributed by atoms with van der Waals surface area (Å²) in [6, 6.07) is 6.04. The molecule has 0 aliphatic carbocycles. The van der Waals surface area contributed by atoms with Crippen molar-refractivity contribution in [1.82, 2.24) is 4.98 Å². The highest BCUT2D eigenvalue weighted by Gasteiger charge is 2.12. The van der Waals surface area contributed by atoms with Crippen LogP contribution in [0.5, 0.6) is 11.5 Å². The smallest absolute Gasteiger partial charge is 0.272 e. The van der Waals surface area contributed by atoms with E-state index >= 15 is 0 Å². The average molecular weight is 290 g/mol. The minimum absolute atomic E-state index is 0.108. The summed E-state index contributed by atoms with van der Waals surface area (Å²) in [5.74, 6) is -0.881. The van der Waals surface area contributed by atoms with Crippen molar-refractivity contribution in [1.29, 1.82) is 0 Å². The van der Waals surface area contributed by atoms with Gasteiger partial charge in [-0.15, -0.1) is 0 Å². The first kappa shape index (κ1) is 14.6. The van der Waals surface area contributed by atoms with Gasteiger partial charge in [0.2, 0.25) is 0 Å². The summed E-state index contributed by atoms with van der Waals surface area (Å²) >= 11 is 0. The summed E-state index contributed by atoms with van der Waals surface area (Å²) in [6.07, 6.45) is 1.63. The van der Waals surface area contributed by atoms with Gasteiger partial charge in [-0.05, 0) is 18.2 Å². The van der Waals surface area contributed by atoms with E-state index in [1.54, 1.807) is 6.92 Å². The van der Waals surface area contributed by atoms with Crippen LogP contribution in [0.3, 0.4) is 0 Å². The molecule has 0 amide bonds. The monoisotopic (exact) mass is 290 g/mol. The molecule has 2 rings (SSSR count). The Morgan fingerprint density at radius 3 is 2.67 bits per heavy atom. The van der Waals surface area contributed by atoms with Crippen molar-refractivity contribution < 1.29 is 18.8 Å². The van der Waals surface area contributed by atoms with Crippen molar-refractivity contribution in [3.63, 3.8) is 0 Å². The molecule has 2 aromatic rings. The molecule has 0 spiro atoms. The van der Waals surface area contributed by atoms with Gasteiger partial charge in [0.25, 0.3) is 5.69 Å². The number of halogens is 1. The van der Waals surface area contributed by atoms with Gasteiger partial charge in [0.15, 0.2) is 17.3 Å². The summed E-state index contributed by atoms with van der Waals surface area (Å²) in [5, 5.41) is 10.5. The van der Waals surface area contributed by atoms with Crippen LogP contribution >= 0.6 is 0 Å². The summed E-state index contributed by atoms with van der Waals surface area (Å²) in [6.45, 7) is 1.72. The van der Waals surface area contributed by atoms with E-state index in [-0.39, 0.29) is 23.0 Å². The van der Waals surface area contributed by atoms with Gasteiger partial charge in [0.05, 0.1) is 17.2 Å². The number of Topliss-reactive ketones (excluding diaryl/α,β-unsaturated/α-hetero) is 1. The first-order chi connectivity index (χ1) is 10.0. The van der Waals surface area contributed by atoms with Crippen LogP contribution in [0.4, 0.5) is 10.1 Å². The second-order valence-corrected chi connectivity index (χ2v) is 4.13. The van der Waals surface area contributed by atoms with E-state index in [0.29, 0.717) is 12.1 Å². The topological polar surface area (TPSA) is 82.3 Å². The fourth-order valence-electron chi connectivity index (χ4n) is 1.60. The highest BCUT2D eigenvalue weighted by molar-refractivity contribution is 5.93. The Labute approximate surface area is 119 Å². The number of hydrogen-bond acceptors (Lipinski definition) is 5. The molecule has 0 bridgehead atoms. The Balaban J connectivity index is 2.18. The minimum atomic E-state index is -0.849. The number of nitro groups is 1. The van der Waals surface area contributed by atoms with Crippen LogP contribution in [-0.4, -0.2) is 15.7 Å². The quantitative estimate of drug-likeness (QED) is 0.478. The molecular formula is C14H11FN2O4. The van der Waals surface area contributed by atoms with Crippen LogP contribution in [0, 0.1) is 15.9 Å². The Morgan fingerprint density at radius 1 is 1.38 bits per heavy atom. The first-order valence-corrected chi connectivity index (χ1v) is 6.12. The number of ether oxygens (including phenoxy) is 1. The van der Waals surface area contributed by atoms with Gasteiger partial charge in [0, 0.05) is 12.5 Å².